The average molecular weight is 460 g/mol. The number of nitrogens with one attached hydrogen (secondary N) is 2. The molecule has 4 aromatic rings. The van der Waals surface area contributed by atoms with Gasteiger partial charge in [-0.3, -0.25) is 14.5 Å². The molecule has 1 heterocycles. The van der Waals surface area contributed by atoms with Crippen molar-refractivity contribution in [1.82, 2.24) is 10.3 Å². The number of rotatable bonds is 8. The molecule has 1 amide bonds. The minimum Gasteiger partial charge on any atom is -0.342 e. The Morgan fingerprint density at radius 1 is 0.939 bits per heavy atom. The molecule has 33 heavy (non-hydrogen) atoms. The number of anilines is 1. The van der Waals surface area contributed by atoms with Gasteiger partial charge in [0.2, 0.25) is 0 Å². The third-order valence-electron chi connectivity index (χ3n) is 5.06. The lowest BCUT2D eigenvalue weighted by atomic mass is 10.1. The highest BCUT2D eigenvalue weighted by atomic mass is 32.2. The molecule has 0 aliphatic rings. The normalized spacial score (nSPS) is 12.1. The molecular formula is C25H21N3O4S. The number of hydrogen-bond acceptors (Lipinski definition) is 5. The van der Waals surface area contributed by atoms with Crippen LogP contribution in [0, 0.1) is 0 Å². The van der Waals surface area contributed by atoms with E-state index in [1.54, 1.807) is 24.4 Å². The van der Waals surface area contributed by atoms with Crippen LogP contribution in [0.3, 0.4) is 0 Å². The van der Waals surface area contributed by atoms with Crippen molar-refractivity contribution in [3.63, 3.8) is 0 Å². The topological polar surface area (TPSA) is 105 Å². The Kier molecular flexibility index (Phi) is 6.46. The molecule has 4 rings (SSSR count). The Balaban J connectivity index is 1.53. The van der Waals surface area contributed by atoms with Crippen LogP contribution in [0.4, 0.5) is 5.69 Å². The maximum Gasteiger partial charge on any atom is 0.261 e. The van der Waals surface area contributed by atoms with Crippen LogP contribution in [0.15, 0.2) is 96.0 Å². The molecule has 1 atom stereocenters. The number of nitrogens with zero attached hydrogens (tertiary/aromatic N) is 1. The third kappa shape index (κ3) is 5.24. The van der Waals surface area contributed by atoms with Gasteiger partial charge in [0.25, 0.3) is 15.9 Å². The van der Waals surface area contributed by atoms with E-state index in [9.17, 15) is 18.0 Å². The summed E-state index contributed by atoms with van der Waals surface area (Å²) in [7, 11) is -3.98. The average Bonchev–Trinajstić information content (AvgIpc) is 2.84. The molecule has 2 N–H and O–H groups in total. The zero-order valence-electron chi connectivity index (χ0n) is 17.5. The molecule has 0 unspecified atom stereocenters. The molecule has 7 nitrogen and oxygen atoms in total. The number of aromatic nitrogens is 1. The van der Waals surface area contributed by atoms with Crippen LogP contribution in [0.1, 0.15) is 15.9 Å². The van der Waals surface area contributed by atoms with Gasteiger partial charge >= 0.3 is 0 Å². The second-order valence-electron chi connectivity index (χ2n) is 7.42. The first kappa shape index (κ1) is 22.2. The smallest absolute Gasteiger partial charge is 0.261 e. The molecule has 0 aliphatic carbocycles. The van der Waals surface area contributed by atoms with Crippen molar-refractivity contribution in [2.75, 3.05) is 4.72 Å². The second-order valence-corrected chi connectivity index (χ2v) is 9.10. The van der Waals surface area contributed by atoms with Crippen LogP contribution in [0.2, 0.25) is 0 Å². The number of amides is 1. The first-order valence-electron chi connectivity index (χ1n) is 10.2. The highest BCUT2D eigenvalue weighted by Gasteiger charge is 2.19. The highest BCUT2D eigenvalue weighted by Crippen LogP contribution is 2.24. The first-order valence-corrected chi connectivity index (χ1v) is 11.7. The molecule has 8 heteroatoms. The van der Waals surface area contributed by atoms with Gasteiger partial charge in [0.1, 0.15) is 6.29 Å². The Hall–Kier alpha value is -4.04. The number of fused-ring (bicyclic) bond motifs is 1. The highest BCUT2D eigenvalue weighted by molar-refractivity contribution is 7.92. The first-order chi connectivity index (χ1) is 16.0. The molecule has 1 aromatic heterocycles. The van der Waals surface area contributed by atoms with Crippen LogP contribution in [-0.4, -0.2) is 31.6 Å². The summed E-state index contributed by atoms with van der Waals surface area (Å²) < 4.78 is 28.6. The SMILES string of the molecule is O=C[C@H](Cc1ccccc1)NC(=O)c1cccc(S(=O)(=O)Nc2cccc3cccnc23)c1. The maximum atomic E-state index is 13.0. The monoisotopic (exact) mass is 459 g/mol. The summed E-state index contributed by atoms with van der Waals surface area (Å²) in [6, 6.07) is 23.0. The van der Waals surface area contributed by atoms with Gasteiger partial charge in [-0.1, -0.05) is 54.6 Å². The van der Waals surface area contributed by atoms with E-state index in [1.807, 2.05) is 42.5 Å². The molecule has 0 fully saturated rings. The molecule has 166 valence electrons. The summed E-state index contributed by atoms with van der Waals surface area (Å²) in [4.78, 5) is 28.4. The van der Waals surface area contributed by atoms with E-state index in [4.69, 9.17) is 0 Å². The van der Waals surface area contributed by atoms with Gasteiger partial charge < -0.3 is 10.1 Å². The zero-order valence-corrected chi connectivity index (χ0v) is 18.3. The largest absolute Gasteiger partial charge is 0.342 e. The van der Waals surface area contributed by atoms with E-state index in [-0.39, 0.29) is 10.5 Å². The predicted molar refractivity (Wildman–Crippen MR) is 126 cm³/mol. The van der Waals surface area contributed by atoms with Gasteiger partial charge in [-0.2, -0.15) is 0 Å². The Bertz CT molecular complexity index is 1400. The standard InChI is InChI=1S/C25H21N3O4S/c29-17-21(15-18-7-2-1-3-8-18)27-25(30)20-10-4-12-22(16-20)33(31,32)28-23-13-5-9-19-11-6-14-26-24(19)23/h1-14,16-17,21,28H,15H2,(H,27,30)/t21-/m0/s1. The fourth-order valence-corrected chi connectivity index (χ4v) is 4.56. The lowest BCUT2D eigenvalue weighted by molar-refractivity contribution is -0.109. The third-order valence-corrected chi connectivity index (χ3v) is 6.43. The van der Waals surface area contributed by atoms with Gasteiger partial charge in [-0.05, 0) is 42.3 Å². The molecule has 0 saturated carbocycles. The van der Waals surface area contributed by atoms with Crippen molar-refractivity contribution in [3.8, 4) is 0 Å². The molecule has 0 aliphatic heterocycles. The summed E-state index contributed by atoms with van der Waals surface area (Å²) in [5, 5.41) is 3.45. The molecule has 0 saturated heterocycles. The van der Waals surface area contributed by atoms with Crippen LogP contribution >= 0.6 is 0 Å². The maximum absolute atomic E-state index is 13.0. The summed E-state index contributed by atoms with van der Waals surface area (Å²) >= 11 is 0. The van der Waals surface area contributed by atoms with Crippen molar-refractivity contribution in [3.05, 3.63) is 102 Å². The lowest BCUT2D eigenvalue weighted by Crippen LogP contribution is -2.37. The number of aldehydes is 1. The van der Waals surface area contributed by atoms with E-state index in [0.29, 0.717) is 23.9 Å². The van der Waals surface area contributed by atoms with Gasteiger partial charge in [0.05, 0.1) is 22.1 Å². The van der Waals surface area contributed by atoms with E-state index >= 15 is 0 Å². The summed E-state index contributed by atoms with van der Waals surface area (Å²) in [5.74, 6) is -0.535. The van der Waals surface area contributed by atoms with Crippen molar-refractivity contribution in [1.29, 1.82) is 0 Å². The lowest BCUT2D eigenvalue weighted by Gasteiger charge is -2.14. The molecular weight excluding hydrogens is 438 g/mol. The predicted octanol–water partition coefficient (Wildman–Crippen LogP) is 3.58. The fourth-order valence-electron chi connectivity index (χ4n) is 3.45. The van der Waals surface area contributed by atoms with Crippen molar-refractivity contribution in [2.24, 2.45) is 0 Å². The van der Waals surface area contributed by atoms with E-state index in [2.05, 4.69) is 15.0 Å². The number of sulfonamides is 1. The molecule has 0 radical (unpaired) electrons. The van der Waals surface area contributed by atoms with E-state index in [0.717, 1.165) is 10.9 Å². The van der Waals surface area contributed by atoms with Gasteiger partial charge in [0, 0.05) is 17.1 Å². The number of pyridine rings is 1. The number of benzene rings is 3. The number of hydrogen-bond donors (Lipinski definition) is 2. The molecule has 0 bridgehead atoms. The van der Waals surface area contributed by atoms with Gasteiger partial charge in [-0.15, -0.1) is 0 Å². The van der Waals surface area contributed by atoms with E-state index in [1.165, 1.54) is 24.3 Å². The summed E-state index contributed by atoms with van der Waals surface area (Å²) in [6.45, 7) is 0. The molecule has 0 spiro atoms. The quantitative estimate of drug-likeness (QED) is 0.392. The fraction of sp³-hybridized carbons (Fsp3) is 0.0800. The van der Waals surface area contributed by atoms with Crippen LogP contribution in [0.5, 0.6) is 0 Å². The van der Waals surface area contributed by atoms with Gasteiger partial charge in [0.15, 0.2) is 0 Å². The Morgan fingerprint density at radius 3 is 2.48 bits per heavy atom. The van der Waals surface area contributed by atoms with Crippen molar-refractivity contribution < 1.29 is 18.0 Å². The van der Waals surface area contributed by atoms with Crippen LogP contribution in [-0.2, 0) is 21.2 Å². The van der Waals surface area contributed by atoms with E-state index < -0.39 is 22.0 Å². The van der Waals surface area contributed by atoms with Gasteiger partial charge in [-0.25, -0.2) is 8.42 Å². The summed E-state index contributed by atoms with van der Waals surface area (Å²) in [5.41, 5.74) is 1.90. The number of carbonyl (C=O) groups is 2. The Morgan fingerprint density at radius 2 is 1.70 bits per heavy atom. The van der Waals surface area contributed by atoms with Crippen molar-refractivity contribution >= 4 is 38.8 Å². The molecule has 3 aromatic carbocycles. The number of para-hydroxylation sites is 1. The van der Waals surface area contributed by atoms with Crippen LogP contribution < -0.4 is 10.0 Å². The minimum atomic E-state index is -3.98. The number of carbonyl (C=O) groups excluding carboxylic acids is 2. The van der Waals surface area contributed by atoms with Crippen molar-refractivity contribution in [2.45, 2.75) is 17.4 Å². The Labute approximate surface area is 191 Å². The summed E-state index contributed by atoms with van der Waals surface area (Å²) in [6.07, 6.45) is 2.59. The second kappa shape index (κ2) is 9.62. The zero-order chi connectivity index (χ0) is 23.3. The minimum absolute atomic E-state index is 0.0752. The van der Waals surface area contributed by atoms with Crippen LogP contribution in [0.25, 0.3) is 10.9 Å².